The number of urea groups is 1. The molecule has 2 heterocycles. The lowest BCUT2D eigenvalue weighted by molar-refractivity contribution is -0.136. The second-order valence-electron chi connectivity index (χ2n) is 10.9. The molecule has 0 bridgehead atoms. The molecule has 1 aliphatic heterocycles. The Kier molecular flexibility index (Phi) is 9.18. The Labute approximate surface area is 241 Å². The Bertz CT molecular complexity index is 1500. The molecule has 0 radical (unpaired) electrons. The fourth-order valence-electron chi connectivity index (χ4n) is 4.92. The van der Waals surface area contributed by atoms with Crippen molar-refractivity contribution in [3.63, 3.8) is 0 Å². The third-order valence-corrected chi connectivity index (χ3v) is 7.10. The molecule has 3 aromatic rings. The van der Waals surface area contributed by atoms with Gasteiger partial charge in [0.15, 0.2) is 0 Å². The second-order valence-corrected chi connectivity index (χ2v) is 10.9. The molecule has 1 N–H and O–H groups in total. The van der Waals surface area contributed by atoms with E-state index in [1.54, 1.807) is 31.2 Å². The van der Waals surface area contributed by atoms with Crippen molar-refractivity contribution in [2.24, 2.45) is 5.92 Å². The number of alkyl halides is 3. The van der Waals surface area contributed by atoms with Crippen LogP contribution in [-0.4, -0.2) is 36.6 Å². The minimum Gasteiger partial charge on any atom is -0.493 e. The first-order valence-corrected chi connectivity index (χ1v) is 14.0. The van der Waals surface area contributed by atoms with Crippen LogP contribution in [0.25, 0.3) is 11.0 Å². The molecule has 11 heteroatoms. The SMILES string of the molecule is CCCc1c(OCCCCN2C(=O)NC(C)(c3ccc(OCC(C)C)cc3)C2=O)ccc2c(C(F)(F)F)cc(=O)oc12. The molecule has 1 unspecified atom stereocenters. The zero-order chi connectivity index (χ0) is 30.7. The highest BCUT2D eigenvalue weighted by molar-refractivity contribution is 6.07. The predicted octanol–water partition coefficient (Wildman–Crippen LogP) is 6.43. The minimum atomic E-state index is -4.71. The molecule has 1 atom stereocenters. The van der Waals surface area contributed by atoms with Crippen molar-refractivity contribution in [1.82, 2.24) is 10.2 Å². The molecule has 42 heavy (non-hydrogen) atoms. The van der Waals surface area contributed by atoms with Crippen molar-refractivity contribution >= 4 is 22.9 Å². The van der Waals surface area contributed by atoms with Crippen LogP contribution in [0.15, 0.2) is 51.7 Å². The van der Waals surface area contributed by atoms with E-state index in [-0.39, 0.29) is 30.0 Å². The van der Waals surface area contributed by atoms with Gasteiger partial charge in [-0.05, 0) is 61.9 Å². The first-order chi connectivity index (χ1) is 19.8. The van der Waals surface area contributed by atoms with E-state index in [1.807, 2.05) is 20.8 Å². The summed E-state index contributed by atoms with van der Waals surface area (Å²) in [5.74, 6) is 1.02. The van der Waals surface area contributed by atoms with Gasteiger partial charge >= 0.3 is 17.8 Å². The number of carbonyl (C=O) groups is 2. The number of rotatable bonds is 12. The number of nitrogens with zero attached hydrogens (tertiary/aromatic N) is 1. The fourth-order valence-corrected chi connectivity index (χ4v) is 4.92. The van der Waals surface area contributed by atoms with E-state index in [2.05, 4.69) is 5.32 Å². The summed E-state index contributed by atoms with van der Waals surface area (Å²) in [7, 11) is 0. The van der Waals surface area contributed by atoms with Crippen LogP contribution in [0.4, 0.5) is 18.0 Å². The van der Waals surface area contributed by atoms with Crippen LogP contribution in [0.5, 0.6) is 11.5 Å². The normalized spacial score (nSPS) is 17.3. The van der Waals surface area contributed by atoms with E-state index in [4.69, 9.17) is 13.9 Å². The second kappa shape index (κ2) is 12.5. The zero-order valence-corrected chi connectivity index (χ0v) is 24.1. The zero-order valence-electron chi connectivity index (χ0n) is 24.1. The molecule has 3 amide bonds. The molecule has 4 rings (SSSR count). The molecular formula is C31H35F3N2O6. The van der Waals surface area contributed by atoms with Crippen molar-refractivity contribution in [2.45, 2.75) is 65.1 Å². The van der Waals surface area contributed by atoms with Gasteiger partial charge in [0.25, 0.3) is 5.91 Å². The van der Waals surface area contributed by atoms with Gasteiger partial charge in [0, 0.05) is 23.6 Å². The highest BCUT2D eigenvalue weighted by Crippen LogP contribution is 2.37. The molecule has 1 aliphatic rings. The van der Waals surface area contributed by atoms with Crippen LogP contribution in [-0.2, 0) is 22.9 Å². The fraction of sp³-hybridized carbons (Fsp3) is 0.452. The maximum absolute atomic E-state index is 13.5. The van der Waals surface area contributed by atoms with E-state index >= 15 is 0 Å². The van der Waals surface area contributed by atoms with Crippen molar-refractivity contribution in [1.29, 1.82) is 0 Å². The number of imide groups is 1. The molecule has 1 fully saturated rings. The molecule has 0 aliphatic carbocycles. The van der Waals surface area contributed by atoms with Gasteiger partial charge in [0.05, 0.1) is 18.8 Å². The van der Waals surface area contributed by atoms with Gasteiger partial charge in [-0.15, -0.1) is 0 Å². The van der Waals surface area contributed by atoms with Crippen molar-refractivity contribution in [3.05, 3.63) is 69.6 Å². The number of carbonyl (C=O) groups excluding carboxylic acids is 2. The van der Waals surface area contributed by atoms with Crippen LogP contribution in [0, 0.1) is 5.92 Å². The van der Waals surface area contributed by atoms with E-state index in [0.29, 0.717) is 66.9 Å². The quantitative estimate of drug-likeness (QED) is 0.149. The Balaban J connectivity index is 1.38. The van der Waals surface area contributed by atoms with Crippen LogP contribution in [0.2, 0.25) is 0 Å². The summed E-state index contributed by atoms with van der Waals surface area (Å²) in [4.78, 5) is 39.0. The number of halogens is 3. The third-order valence-electron chi connectivity index (χ3n) is 7.10. The van der Waals surface area contributed by atoms with Crippen LogP contribution < -0.4 is 20.4 Å². The molecule has 0 saturated carbocycles. The first-order valence-electron chi connectivity index (χ1n) is 14.0. The maximum Gasteiger partial charge on any atom is 0.417 e. The van der Waals surface area contributed by atoms with E-state index in [9.17, 15) is 27.6 Å². The smallest absolute Gasteiger partial charge is 0.417 e. The Morgan fingerprint density at radius 2 is 1.74 bits per heavy atom. The molecule has 1 saturated heterocycles. The highest BCUT2D eigenvalue weighted by atomic mass is 19.4. The molecule has 0 spiro atoms. The summed E-state index contributed by atoms with van der Waals surface area (Å²) >= 11 is 0. The van der Waals surface area contributed by atoms with Crippen LogP contribution in [0.1, 0.15) is 63.6 Å². The number of ether oxygens (including phenoxy) is 2. The maximum atomic E-state index is 13.5. The standard InChI is InChI=1S/C31H35F3N2O6/c1-5-8-23-25(14-13-22-24(31(32,33)34)17-26(37)42-27(22)23)40-16-7-6-15-36-28(38)30(4,35-29(36)39)20-9-11-21(12-10-20)41-18-19(2)3/h9-14,17,19H,5-8,15-16,18H2,1-4H3,(H,35,39). The van der Waals surface area contributed by atoms with Gasteiger partial charge in [0.2, 0.25) is 0 Å². The van der Waals surface area contributed by atoms with E-state index in [1.165, 1.54) is 17.0 Å². The van der Waals surface area contributed by atoms with E-state index < -0.39 is 28.9 Å². The third kappa shape index (κ3) is 6.55. The van der Waals surface area contributed by atoms with Gasteiger partial charge in [-0.3, -0.25) is 9.69 Å². The summed E-state index contributed by atoms with van der Waals surface area (Å²) in [6.45, 7) is 8.54. The topological polar surface area (TPSA) is 98.1 Å². The number of hydrogen-bond donors (Lipinski definition) is 1. The number of hydrogen-bond acceptors (Lipinski definition) is 6. The lowest BCUT2D eigenvalue weighted by atomic mass is 9.92. The van der Waals surface area contributed by atoms with Gasteiger partial charge in [-0.25, -0.2) is 9.59 Å². The Morgan fingerprint density at radius 1 is 1.02 bits per heavy atom. The van der Waals surface area contributed by atoms with Crippen molar-refractivity contribution < 1.29 is 36.7 Å². The Morgan fingerprint density at radius 3 is 2.38 bits per heavy atom. The molecule has 2 aromatic carbocycles. The largest absolute Gasteiger partial charge is 0.493 e. The van der Waals surface area contributed by atoms with Crippen LogP contribution >= 0.6 is 0 Å². The summed E-state index contributed by atoms with van der Waals surface area (Å²) in [5, 5.41) is 2.59. The Hall–Kier alpha value is -4.02. The van der Waals surface area contributed by atoms with Gasteiger partial charge in [-0.2, -0.15) is 13.2 Å². The number of nitrogens with one attached hydrogen (secondary N) is 1. The summed E-state index contributed by atoms with van der Waals surface area (Å²) in [6.07, 6.45) is -2.86. The number of amides is 3. The average molecular weight is 589 g/mol. The number of benzene rings is 2. The van der Waals surface area contributed by atoms with Gasteiger partial charge in [-0.1, -0.05) is 39.3 Å². The monoisotopic (exact) mass is 588 g/mol. The first kappa shape index (κ1) is 30.9. The molecule has 8 nitrogen and oxygen atoms in total. The molecule has 1 aromatic heterocycles. The van der Waals surface area contributed by atoms with Crippen molar-refractivity contribution in [2.75, 3.05) is 19.8 Å². The lowest BCUT2D eigenvalue weighted by Gasteiger charge is -2.22. The van der Waals surface area contributed by atoms with Crippen LogP contribution in [0.3, 0.4) is 0 Å². The number of aryl methyl sites for hydroxylation is 1. The highest BCUT2D eigenvalue weighted by Gasteiger charge is 2.48. The van der Waals surface area contributed by atoms with Gasteiger partial charge < -0.3 is 19.2 Å². The average Bonchev–Trinajstić information content (AvgIpc) is 3.15. The lowest BCUT2D eigenvalue weighted by Crippen LogP contribution is -2.41. The minimum absolute atomic E-state index is 0.132. The summed E-state index contributed by atoms with van der Waals surface area (Å²) in [6, 6.07) is 9.74. The van der Waals surface area contributed by atoms with E-state index in [0.717, 1.165) is 0 Å². The number of fused-ring (bicyclic) bond motifs is 1. The molecular weight excluding hydrogens is 553 g/mol. The summed E-state index contributed by atoms with van der Waals surface area (Å²) < 4.78 is 57.4. The predicted molar refractivity (Wildman–Crippen MR) is 151 cm³/mol. The van der Waals surface area contributed by atoms with Crippen molar-refractivity contribution in [3.8, 4) is 11.5 Å². The molecule has 226 valence electrons. The van der Waals surface area contributed by atoms with Gasteiger partial charge in [0.1, 0.15) is 22.6 Å². The summed E-state index contributed by atoms with van der Waals surface area (Å²) in [5.41, 5.74) is -2.43. The number of unbranched alkanes of at least 4 members (excludes halogenated alkanes) is 1.